The van der Waals surface area contributed by atoms with Gasteiger partial charge in [0.15, 0.2) is 0 Å². The van der Waals surface area contributed by atoms with Crippen LogP contribution in [-0.2, 0) is 9.05 Å². The Labute approximate surface area is 177 Å². The molecule has 150 valence electrons. The van der Waals surface area contributed by atoms with E-state index in [4.69, 9.17) is 22.3 Å². The molecule has 0 N–H and O–H groups in total. The predicted molar refractivity (Wildman–Crippen MR) is 102 cm³/mol. The SMILES string of the molecule is O=S(=O)(Cl)c1cc(Cl)c2nc(-c3ccc(F)cc3)c(-c3nnc(C(F)F)[se]3)n2c1. The number of rotatable bonds is 4. The van der Waals surface area contributed by atoms with Crippen LogP contribution in [0.3, 0.4) is 0 Å². The minimum absolute atomic E-state index is 0.0255. The number of pyridine rings is 1. The molecule has 6 nitrogen and oxygen atoms in total. The quantitative estimate of drug-likeness (QED) is 0.295. The zero-order valence-electron chi connectivity index (χ0n) is 13.9. The third-order valence-electron chi connectivity index (χ3n) is 3.88. The van der Waals surface area contributed by atoms with Crippen molar-refractivity contribution in [1.82, 2.24) is 19.6 Å². The molecule has 3 aromatic heterocycles. The molecule has 0 radical (unpaired) electrons. The molecule has 0 saturated heterocycles. The molecule has 29 heavy (non-hydrogen) atoms. The Kier molecular flexibility index (Phi) is 5.20. The first-order chi connectivity index (χ1) is 13.6. The number of hydrogen-bond acceptors (Lipinski definition) is 5. The second-order valence-corrected chi connectivity index (χ2v) is 10.8. The fourth-order valence-electron chi connectivity index (χ4n) is 2.65. The molecule has 3 heterocycles. The maximum absolute atomic E-state index is 13.3. The first kappa shape index (κ1) is 20.4. The van der Waals surface area contributed by atoms with Gasteiger partial charge in [-0.1, -0.05) is 0 Å². The Bertz CT molecular complexity index is 1340. The van der Waals surface area contributed by atoms with Gasteiger partial charge in [0.25, 0.3) is 0 Å². The van der Waals surface area contributed by atoms with Crippen LogP contribution in [-0.4, -0.2) is 42.5 Å². The van der Waals surface area contributed by atoms with Crippen molar-refractivity contribution in [3.8, 4) is 21.5 Å². The topological polar surface area (TPSA) is 77.2 Å². The number of halogens is 5. The third-order valence-corrected chi connectivity index (χ3v) is 7.44. The van der Waals surface area contributed by atoms with E-state index in [0.29, 0.717) is 5.56 Å². The first-order valence-corrected chi connectivity index (χ1v) is 12.1. The summed E-state index contributed by atoms with van der Waals surface area (Å²) >= 11 is 5.27. The van der Waals surface area contributed by atoms with Gasteiger partial charge in [-0.2, -0.15) is 0 Å². The molecule has 0 unspecified atom stereocenters. The predicted octanol–water partition coefficient (Wildman–Crippen LogP) is 4.17. The van der Waals surface area contributed by atoms with Crippen LogP contribution in [0.15, 0.2) is 41.4 Å². The average molecular weight is 526 g/mol. The van der Waals surface area contributed by atoms with Crippen LogP contribution < -0.4 is 0 Å². The number of benzene rings is 1. The van der Waals surface area contributed by atoms with E-state index in [1.54, 1.807) is 0 Å². The first-order valence-electron chi connectivity index (χ1n) is 7.69. The molecular formula is C16H7Cl2F3N4O2SSe. The van der Waals surface area contributed by atoms with Gasteiger partial charge in [-0.3, -0.25) is 0 Å². The van der Waals surface area contributed by atoms with Crippen LogP contribution in [0.25, 0.3) is 27.2 Å². The van der Waals surface area contributed by atoms with E-state index < -0.39 is 35.8 Å². The zero-order valence-corrected chi connectivity index (χ0v) is 17.9. The second-order valence-electron chi connectivity index (χ2n) is 5.72. The molecule has 0 fully saturated rings. The summed E-state index contributed by atoms with van der Waals surface area (Å²) in [6, 6.07) is 6.45. The molecule has 1 aromatic carbocycles. The Morgan fingerprint density at radius 2 is 1.83 bits per heavy atom. The number of imidazole rings is 1. The van der Waals surface area contributed by atoms with Gasteiger partial charge in [0.2, 0.25) is 0 Å². The van der Waals surface area contributed by atoms with Crippen LogP contribution >= 0.6 is 22.3 Å². The van der Waals surface area contributed by atoms with Crippen molar-refractivity contribution in [2.45, 2.75) is 11.3 Å². The fourth-order valence-corrected chi connectivity index (χ4v) is 5.26. The number of fused-ring (bicyclic) bond motifs is 1. The van der Waals surface area contributed by atoms with E-state index in [-0.39, 0.29) is 36.1 Å². The molecule has 0 aliphatic heterocycles. The van der Waals surface area contributed by atoms with Crippen molar-refractivity contribution in [2.24, 2.45) is 0 Å². The Hall–Kier alpha value is -1.91. The number of aromatic nitrogens is 4. The summed E-state index contributed by atoms with van der Waals surface area (Å²) in [4.78, 5) is 4.11. The van der Waals surface area contributed by atoms with Gasteiger partial charge in [-0.05, 0) is 0 Å². The van der Waals surface area contributed by atoms with Crippen molar-refractivity contribution in [2.75, 3.05) is 0 Å². The van der Waals surface area contributed by atoms with Crippen LogP contribution in [0.5, 0.6) is 0 Å². The van der Waals surface area contributed by atoms with Crippen LogP contribution in [0.1, 0.15) is 11.0 Å². The van der Waals surface area contributed by atoms with Gasteiger partial charge in [-0.25, -0.2) is 0 Å². The number of nitrogens with zero attached hydrogens (tertiary/aromatic N) is 4. The molecule has 0 atom stereocenters. The molecule has 4 rings (SSSR count). The summed E-state index contributed by atoms with van der Waals surface area (Å²) in [5, 5.41) is 7.35. The van der Waals surface area contributed by atoms with Gasteiger partial charge in [0, 0.05) is 0 Å². The summed E-state index contributed by atoms with van der Waals surface area (Å²) < 4.78 is 64.2. The van der Waals surface area contributed by atoms with E-state index in [1.807, 2.05) is 0 Å². The maximum atomic E-state index is 13.3. The van der Waals surface area contributed by atoms with Gasteiger partial charge in [0.05, 0.1) is 0 Å². The zero-order chi connectivity index (χ0) is 20.9. The van der Waals surface area contributed by atoms with Crippen molar-refractivity contribution in [3.05, 3.63) is 51.9 Å². The number of hydrogen-bond donors (Lipinski definition) is 0. The van der Waals surface area contributed by atoms with Gasteiger partial charge < -0.3 is 0 Å². The Balaban J connectivity index is 2.08. The summed E-state index contributed by atoms with van der Waals surface area (Å²) in [7, 11) is 1.30. The van der Waals surface area contributed by atoms with E-state index in [9.17, 15) is 21.6 Å². The average Bonchev–Trinajstić information content (AvgIpc) is 3.26. The summed E-state index contributed by atoms with van der Waals surface area (Å²) in [5.74, 6) is -0.474. The van der Waals surface area contributed by atoms with Crippen molar-refractivity contribution >= 4 is 51.5 Å². The third kappa shape index (κ3) is 3.80. The Morgan fingerprint density at radius 1 is 1.14 bits per heavy atom. The molecular weight excluding hydrogens is 519 g/mol. The Morgan fingerprint density at radius 3 is 2.41 bits per heavy atom. The van der Waals surface area contributed by atoms with E-state index >= 15 is 0 Å². The molecule has 0 aliphatic carbocycles. The van der Waals surface area contributed by atoms with E-state index in [2.05, 4.69) is 15.2 Å². The van der Waals surface area contributed by atoms with Gasteiger partial charge in [0.1, 0.15) is 0 Å². The molecule has 0 aliphatic rings. The van der Waals surface area contributed by atoms with E-state index in [0.717, 1.165) is 6.07 Å². The molecule has 0 saturated carbocycles. The summed E-state index contributed by atoms with van der Waals surface area (Å²) in [6.45, 7) is 0. The normalized spacial score (nSPS) is 12.2. The standard InChI is InChI=1S/C16H7Cl2F3N4O2SSe/c17-10-5-9(28(18,26)27)6-25-12(15-23-24-16(29-15)13(20)21)11(22-14(10)25)7-1-3-8(19)4-2-7/h1-6,13H. The second kappa shape index (κ2) is 7.41. The number of alkyl halides is 2. The molecule has 13 heteroatoms. The summed E-state index contributed by atoms with van der Waals surface area (Å²) in [5.41, 5.74) is 1.12. The van der Waals surface area contributed by atoms with Crippen LogP contribution in [0.2, 0.25) is 5.02 Å². The monoisotopic (exact) mass is 526 g/mol. The van der Waals surface area contributed by atoms with E-state index in [1.165, 1.54) is 34.9 Å². The van der Waals surface area contributed by atoms with Crippen molar-refractivity contribution in [1.29, 1.82) is 0 Å². The van der Waals surface area contributed by atoms with Crippen molar-refractivity contribution in [3.63, 3.8) is 0 Å². The molecule has 0 amide bonds. The molecule has 0 spiro atoms. The van der Waals surface area contributed by atoms with Crippen LogP contribution in [0, 0.1) is 5.82 Å². The summed E-state index contributed by atoms with van der Waals surface area (Å²) in [6.07, 6.45) is -1.59. The van der Waals surface area contributed by atoms with Crippen molar-refractivity contribution < 1.29 is 21.6 Å². The minimum atomic E-state index is -4.14. The van der Waals surface area contributed by atoms with Gasteiger partial charge in [-0.15, -0.1) is 0 Å². The van der Waals surface area contributed by atoms with Gasteiger partial charge >= 0.3 is 177 Å². The van der Waals surface area contributed by atoms with Crippen LogP contribution in [0.4, 0.5) is 13.2 Å². The molecule has 4 aromatic rings. The molecule has 0 bridgehead atoms. The fraction of sp³-hybridized carbons (Fsp3) is 0.0625.